The van der Waals surface area contributed by atoms with Gasteiger partial charge in [0.2, 0.25) is 0 Å². The van der Waals surface area contributed by atoms with Crippen LogP contribution < -0.4 is 5.32 Å². The van der Waals surface area contributed by atoms with Crippen LogP contribution in [0.5, 0.6) is 0 Å². The zero-order valence-corrected chi connectivity index (χ0v) is 11.9. The maximum absolute atomic E-state index is 9.49. The van der Waals surface area contributed by atoms with E-state index in [0.29, 0.717) is 0 Å². The molecule has 0 radical (unpaired) electrons. The summed E-state index contributed by atoms with van der Waals surface area (Å²) in [5.74, 6) is 0.943. The third-order valence-electron chi connectivity index (χ3n) is 4.72. The number of nitrogens with one attached hydrogen (secondary N) is 1. The van der Waals surface area contributed by atoms with Gasteiger partial charge < -0.3 is 10.4 Å². The molecule has 3 atom stereocenters. The van der Waals surface area contributed by atoms with Crippen LogP contribution >= 0.6 is 0 Å². The van der Waals surface area contributed by atoms with Crippen LogP contribution in [0.2, 0.25) is 0 Å². The molecule has 0 aromatic rings. The van der Waals surface area contributed by atoms with Gasteiger partial charge in [0, 0.05) is 18.6 Å². The van der Waals surface area contributed by atoms with Gasteiger partial charge in [-0.1, -0.05) is 19.8 Å². The van der Waals surface area contributed by atoms with E-state index in [-0.39, 0.29) is 12.6 Å². The molecule has 0 spiro atoms. The summed E-state index contributed by atoms with van der Waals surface area (Å²) in [6.45, 7) is 5.75. The number of likely N-dealkylation sites (tertiary alicyclic amines) is 1. The van der Waals surface area contributed by atoms with Gasteiger partial charge in [0.05, 0.1) is 6.61 Å². The van der Waals surface area contributed by atoms with Crippen molar-refractivity contribution in [2.75, 3.05) is 26.2 Å². The lowest BCUT2D eigenvalue weighted by atomic mass is 9.78. The molecule has 1 heterocycles. The van der Waals surface area contributed by atoms with Gasteiger partial charge in [-0.2, -0.15) is 0 Å². The minimum atomic E-state index is 0.269. The van der Waals surface area contributed by atoms with E-state index in [9.17, 15) is 5.11 Å². The van der Waals surface area contributed by atoms with Gasteiger partial charge in [-0.05, 0) is 51.1 Å². The van der Waals surface area contributed by atoms with E-state index in [1.807, 2.05) is 0 Å². The molecule has 3 heteroatoms. The van der Waals surface area contributed by atoms with Crippen LogP contribution in [0.3, 0.4) is 0 Å². The van der Waals surface area contributed by atoms with Crippen LogP contribution in [-0.2, 0) is 0 Å². The quantitative estimate of drug-likeness (QED) is 0.761. The SMILES string of the molecule is CCCNC(CO)CN1CCC[C@H]2CCCC[C@H]21. The first-order valence-corrected chi connectivity index (χ1v) is 7.93. The molecule has 18 heavy (non-hydrogen) atoms. The molecule has 1 aliphatic heterocycles. The number of fused-ring (bicyclic) bond motifs is 1. The molecule has 1 unspecified atom stereocenters. The number of hydrogen-bond acceptors (Lipinski definition) is 3. The molecule has 106 valence electrons. The Morgan fingerprint density at radius 1 is 1.22 bits per heavy atom. The van der Waals surface area contributed by atoms with Crippen LogP contribution in [-0.4, -0.2) is 48.3 Å². The van der Waals surface area contributed by atoms with Gasteiger partial charge in [0.25, 0.3) is 0 Å². The normalized spacial score (nSPS) is 31.0. The smallest absolute Gasteiger partial charge is 0.0597 e. The van der Waals surface area contributed by atoms with Crippen LogP contribution in [0.4, 0.5) is 0 Å². The van der Waals surface area contributed by atoms with Crippen molar-refractivity contribution >= 4 is 0 Å². The Labute approximate surface area is 112 Å². The fraction of sp³-hybridized carbons (Fsp3) is 1.00. The first-order valence-electron chi connectivity index (χ1n) is 7.93. The zero-order chi connectivity index (χ0) is 12.8. The van der Waals surface area contributed by atoms with E-state index in [1.165, 1.54) is 45.1 Å². The standard InChI is InChI=1S/C15H30N2O/c1-2-9-16-14(12-18)11-17-10-5-7-13-6-3-4-8-15(13)17/h13-16,18H,2-12H2,1H3/t13-,14?,15-/m1/s1. The Bertz CT molecular complexity index is 233. The number of nitrogens with zero attached hydrogens (tertiary/aromatic N) is 1. The lowest BCUT2D eigenvalue weighted by Crippen LogP contribution is -2.52. The fourth-order valence-corrected chi connectivity index (χ4v) is 3.77. The maximum atomic E-state index is 9.49. The maximum Gasteiger partial charge on any atom is 0.0597 e. The molecular weight excluding hydrogens is 224 g/mol. The predicted molar refractivity (Wildman–Crippen MR) is 75.7 cm³/mol. The Balaban J connectivity index is 1.85. The summed E-state index contributed by atoms with van der Waals surface area (Å²) < 4.78 is 0. The van der Waals surface area contributed by atoms with Gasteiger partial charge in [-0.3, -0.25) is 4.90 Å². The van der Waals surface area contributed by atoms with Crippen molar-refractivity contribution in [1.82, 2.24) is 10.2 Å². The van der Waals surface area contributed by atoms with Crippen molar-refractivity contribution in [3.05, 3.63) is 0 Å². The van der Waals surface area contributed by atoms with Gasteiger partial charge in [-0.15, -0.1) is 0 Å². The predicted octanol–water partition coefficient (Wildman–Crippen LogP) is 2.00. The van der Waals surface area contributed by atoms with Crippen molar-refractivity contribution in [3.63, 3.8) is 0 Å². The highest BCUT2D eigenvalue weighted by Crippen LogP contribution is 2.35. The van der Waals surface area contributed by atoms with Gasteiger partial charge in [0.1, 0.15) is 0 Å². The third-order valence-corrected chi connectivity index (χ3v) is 4.72. The highest BCUT2D eigenvalue weighted by molar-refractivity contribution is 4.89. The summed E-state index contributed by atoms with van der Waals surface area (Å²) in [7, 11) is 0. The lowest BCUT2D eigenvalue weighted by molar-refractivity contribution is 0.0460. The van der Waals surface area contributed by atoms with Crippen molar-refractivity contribution in [1.29, 1.82) is 0 Å². The van der Waals surface area contributed by atoms with E-state index in [0.717, 1.165) is 31.5 Å². The Kier molecular flexibility index (Phi) is 5.93. The number of aliphatic hydroxyl groups is 1. The summed E-state index contributed by atoms with van der Waals surface area (Å²) in [5, 5.41) is 13.0. The van der Waals surface area contributed by atoms with Gasteiger partial charge in [-0.25, -0.2) is 0 Å². The Morgan fingerprint density at radius 2 is 2.00 bits per heavy atom. The second kappa shape index (κ2) is 7.46. The molecule has 3 nitrogen and oxygen atoms in total. The molecule has 1 saturated carbocycles. The van der Waals surface area contributed by atoms with Crippen LogP contribution in [0.25, 0.3) is 0 Å². The van der Waals surface area contributed by atoms with E-state index in [4.69, 9.17) is 0 Å². The zero-order valence-electron chi connectivity index (χ0n) is 11.9. The largest absolute Gasteiger partial charge is 0.395 e. The molecule has 2 rings (SSSR count). The number of aliphatic hydroxyl groups excluding tert-OH is 1. The number of hydrogen-bond donors (Lipinski definition) is 2. The Morgan fingerprint density at radius 3 is 2.78 bits per heavy atom. The van der Waals surface area contributed by atoms with Crippen molar-refractivity contribution < 1.29 is 5.11 Å². The molecule has 2 aliphatic rings. The van der Waals surface area contributed by atoms with E-state index >= 15 is 0 Å². The summed E-state index contributed by atoms with van der Waals surface area (Å²) >= 11 is 0. The lowest BCUT2D eigenvalue weighted by Gasteiger charge is -2.45. The minimum Gasteiger partial charge on any atom is -0.395 e. The third kappa shape index (κ3) is 3.69. The van der Waals surface area contributed by atoms with Gasteiger partial charge in [0.15, 0.2) is 0 Å². The first-order chi connectivity index (χ1) is 8.85. The topological polar surface area (TPSA) is 35.5 Å². The molecule has 1 saturated heterocycles. The molecule has 0 aromatic carbocycles. The fourth-order valence-electron chi connectivity index (χ4n) is 3.77. The molecule has 1 aliphatic carbocycles. The molecule has 0 bridgehead atoms. The summed E-state index contributed by atoms with van der Waals surface area (Å²) in [6.07, 6.45) is 9.60. The van der Waals surface area contributed by atoms with E-state index in [2.05, 4.69) is 17.1 Å². The average molecular weight is 254 g/mol. The Hall–Kier alpha value is -0.120. The molecular formula is C15H30N2O. The van der Waals surface area contributed by atoms with Crippen molar-refractivity contribution in [3.8, 4) is 0 Å². The van der Waals surface area contributed by atoms with E-state index in [1.54, 1.807) is 0 Å². The van der Waals surface area contributed by atoms with Crippen LogP contribution in [0, 0.1) is 5.92 Å². The highest BCUT2D eigenvalue weighted by atomic mass is 16.3. The molecule has 0 aromatic heterocycles. The van der Waals surface area contributed by atoms with Crippen molar-refractivity contribution in [2.45, 2.75) is 64.0 Å². The molecule has 2 fully saturated rings. The summed E-state index contributed by atoms with van der Waals surface area (Å²) in [5.41, 5.74) is 0. The highest BCUT2D eigenvalue weighted by Gasteiger charge is 2.33. The van der Waals surface area contributed by atoms with Crippen LogP contribution in [0.1, 0.15) is 51.9 Å². The minimum absolute atomic E-state index is 0.269. The van der Waals surface area contributed by atoms with Crippen molar-refractivity contribution in [2.24, 2.45) is 5.92 Å². The molecule has 0 amide bonds. The average Bonchev–Trinajstić information content (AvgIpc) is 2.43. The van der Waals surface area contributed by atoms with Crippen LogP contribution in [0.15, 0.2) is 0 Å². The second-order valence-electron chi connectivity index (χ2n) is 6.08. The number of piperidine rings is 1. The second-order valence-corrected chi connectivity index (χ2v) is 6.08. The van der Waals surface area contributed by atoms with E-state index < -0.39 is 0 Å². The number of rotatable bonds is 6. The first kappa shape index (κ1) is 14.3. The monoisotopic (exact) mass is 254 g/mol. The molecule has 2 N–H and O–H groups in total. The summed E-state index contributed by atoms with van der Waals surface area (Å²) in [6, 6.07) is 1.08. The summed E-state index contributed by atoms with van der Waals surface area (Å²) in [4.78, 5) is 2.66. The van der Waals surface area contributed by atoms with Gasteiger partial charge >= 0.3 is 0 Å².